The Morgan fingerprint density at radius 3 is 2.05 bits per heavy atom. The van der Waals surface area contributed by atoms with Gasteiger partial charge in [0.2, 0.25) is 11.8 Å². The molecule has 0 aromatic heterocycles. The van der Waals surface area contributed by atoms with Crippen molar-refractivity contribution in [3.05, 3.63) is 0 Å². The lowest BCUT2D eigenvalue weighted by molar-refractivity contribution is -0.126. The van der Waals surface area contributed by atoms with Crippen molar-refractivity contribution in [1.82, 2.24) is 10.2 Å². The number of carbonyl (C=O) groups excluding carboxylic acids is 3. The molecule has 2 amide bonds. The van der Waals surface area contributed by atoms with Gasteiger partial charge in [0.05, 0.1) is 6.04 Å². The Labute approximate surface area is 116 Å². The van der Waals surface area contributed by atoms with Gasteiger partial charge in [-0.3, -0.25) is 18.6 Å². The van der Waals surface area contributed by atoms with E-state index in [2.05, 4.69) is 5.32 Å². The van der Waals surface area contributed by atoms with E-state index in [4.69, 9.17) is 0 Å². The molecule has 110 valence electrons. The van der Waals surface area contributed by atoms with Crippen LogP contribution in [0.4, 0.5) is 0 Å². The van der Waals surface area contributed by atoms with Crippen LogP contribution in [-0.2, 0) is 25.2 Å². The molecule has 0 aliphatic carbocycles. The van der Waals surface area contributed by atoms with Gasteiger partial charge in [0.25, 0.3) is 0 Å². The average Bonchev–Trinajstić information content (AvgIpc) is 2.24. The summed E-state index contributed by atoms with van der Waals surface area (Å²) in [7, 11) is 1.56. The number of amides is 2. The van der Waals surface area contributed by atoms with E-state index in [9.17, 15) is 18.6 Å². The molecule has 0 bridgehead atoms. The Morgan fingerprint density at radius 1 is 1.16 bits per heavy atom. The lowest BCUT2D eigenvalue weighted by Crippen LogP contribution is -2.45. The molecular weight excluding hydrogens is 268 g/mol. The van der Waals surface area contributed by atoms with Gasteiger partial charge < -0.3 is 10.2 Å². The van der Waals surface area contributed by atoms with Crippen LogP contribution in [0.25, 0.3) is 0 Å². The maximum Gasteiger partial charge on any atom is 0.234 e. The summed E-state index contributed by atoms with van der Waals surface area (Å²) in [5.74, 6) is -1.39. The van der Waals surface area contributed by atoms with Gasteiger partial charge in [0.15, 0.2) is 5.78 Å². The quantitative estimate of drug-likeness (QED) is 0.688. The van der Waals surface area contributed by atoms with Gasteiger partial charge in [-0.05, 0) is 12.8 Å². The Bertz CT molecular complexity index is 380. The molecule has 0 aromatic rings. The third-order valence-electron chi connectivity index (χ3n) is 2.50. The summed E-state index contributed by atoms with van der Waals surface area (Å²) in [6, 6.07) is -0.575. The maximum atomic E-state index is 11.6. The zero-order valence-corrected chi connectivity index (χ0v) is 12.9. The van der Waals surface area contributed by atoms with E-state index in [1.807, 2.05) is 13.8 Å². The van der Waals surface area contributed by atoms with Crippen LogP contribution in [0, 0.1) is 5.92 Å². The van der Waals surface area contributed by atoms with Gasteiger partial charge in [-0.1, -0.05) is 13.8 Å². The number of ketones is 1. The molecular formula is C12H22N2O4S. The molecule has 0 saturated heterocycles. The minimum Gasteiger partial charge on any atom is -0.348 e. The SMILES string of the molecule is CC(=O)C(NC(=O)CS(=O)CC(=O)N(C)C)C(C)C. The number of hydrogen-bond acceptors (Lipinski definition) is 4. The number of rotatable bonds is 7. The van der Waals surface area contributed by atoms with Crippen LogP contribution in [0.5, 0.6) is 0 Å². The molecule has 2 atom stereocenters. The van der Waals surface area contributed by atoms with Crippen LogP contribution in [0.1, 0.15) is 20.8 Å². The van der Waals surface area contributed by atoms with Crippen LogP contribution in [-0.4, -0.2) is 58.3 Å². The van der Waals surface area contributed by atoms with Crippen molar-refractivity contribution in [2.75, 3.05) is 25.6 Å². The highest BCUT2D eigenvalue weighted by atomic mass is 32.2. The van der Waals surface area contributed by atoms with E-state index < -0.39 is 22.7 Å². The first-order valence-corrected chi connectivity index (χ1v) is 7.48. The third-order valence-corrected chi connectivity index (χ3v) is 3.65. The van der Waals surface area contributed by atoms with E-state index in [0.29, 0.717) is 0 Å². The van der Waals surface area contributed by atoms with Crippen molar-refractivity contribution >= 4 is 28.4 Å². The van der Waals surface area contributed by atoms with Crippen LogP contribution in [0.15, 0.2) is 0 Å². The van der Waals surface area contributed by atoms with E-state index in [-0.39, 0.29) is 29.1 Å². The van der Waals surface area contributed by atoms with Gasteiger partial charge >= 0.3 is 0 Å². The lowest BCUT2D eigenvalue weighted by Gasteiger charge is -2.19. The molecule has 0 spiro atoms. The molecule has 0 radical (unpaired) electrons. The second kappa shape index (κ2) is 8.04. The maximum absolute atomic E-state index is 11.6. The summed E-state index contributed by atoms with van der Waals surface area (Å²) in [5, 5.41) is 2.54. The zero-order valence-electron chi connectivity index (χ0n) is 12.1. The molecule has 0 aliphatic heterocycles. The minimum atomic E-state index is -1.56. The smallest absolute Gasteiger partial charge is 0.234 e. The zero-order chi connectivity index (χ0) is 15.2. The molecule has 0 fully saturated rings. The van der Waals surface area contributed by atoms with Crippen LogP contribution in [0.3, 0.4) is 0 Å². The van der Waals surface area contributed by atoms with Crippen molar-refractivity contribution in [2.45, 2.75) is 26.8 Å². The Kier molecular flexibility index (Phi) is 7.51. The predicted octanol–water partition coefficient (Wildman–Crippen LogP) is -0.447. The first-order valence-electron chi connectivity index (χ1n) is 6.00. The van der Waals surface area contributed by atoms with E-state index >= 15 is 0 Å². The predicted molar refractivity (Wildman–Crippen MR) is 74.0 cm³/mol. The fourth-order valence-corrected chi connectivity index (χ4v) is 2.43. The second-order valence-electron chi connectivity index (χ2n) is 4.92. The second-order valence-corrected chi connectivity index (χ2v) is 6.37. The highest BCUT2D eigenvalue weighted by molar-refractivity contribution is 7.86. The van der Waals surface area contributed by atoms with Crippen LogP contribution >= 0.6 is 0 Å². The standard InChI is InChI=1S/C12H22N2O4S/c1-8(2)12(9(3)15)13-10(16)6-19(18)7-11(17)14(4)5/h8,12H,6-7H2,1-5H3,(H,13,16). The number of nitrogens with one attached hydrogen (secondary N) is 1. The monoisotopic (exact) mass is 290 g/mol. The fourth-order valence-electron chi connectivity index (χ4n) is 1.42. The lowest BCUT2D eigenvalue weighted by atomic mass is 10.0. The molecule has 1 N–H and O–H groups in total. The van der Waals surface area contributed by atoms with Crippen molar-refractivity contribution in [2.24, 2.45) is 5.92 Å². The molecule has 0 aromatic carbocycles. The first kappa shape index (κ1) is 17.8. The first-order chi connectivity index (χ1) is 8.65. The van der Waals surface area contributed by atoms with Gasteiger partial charge in [-0.15, -0.1) is 0 Å². The van der Waals surface area contributed by atoms with Gasteiger partial charge in [-0.25, -0.2) is 0 Å². The Morgan fingerprint density at radius 2 is 1.68 bits per heavy atom. The summed E-state index contributed by atoms with van der Waals surface area (Å²) in [4.78, 5) is 35.6. The van der Waals surface area contributed by atoms with Crippen molar-refractivity contribution in [3.63, 3.8) is 0 Å². The summed E-state index contributed by atoms with van der Waals surface area (Å²) in [5.41, 5.74) is 0. The summed E-state index contributed by atoms with van der Waals surface area (Å²) in [6.45, 7) is 5.04. The van der Waals surface area contributed by atoms with Gasteiger partial charge in [0.1, 0.15) is 11.5 Å². The van der Waals surface area contributed by atoms with E-state index in [1.54, 1.807) is 14.1 Å². The topological polar surface area (TPSA) is 83.5 Å². The highest BCUT2D eigenvalue weighted by Gasteiger charge is 2.22. The van der Waals surface area contributed by atoms with Crippen LogP contribution < -0.4 is 5.32 Å². The number of nitrogens with zero attached hydrogens (tertiary/aromatic N) is 1. The summed E-state index contributed by atoms with van der Waals surface area (Å²) >= 11 is 0. The van der Waals surface area contributed by atoms with Crippen molar-refractivity contribution in [3.8, 4) is 0 Å². The molecule has 0 saturated carbocycles. The molecule has 0 rings (SSSR count). The summed E-state index contributed by atoms with van der Waals surface area (Å²) in [6.07, 6.45) is 0. The normalized spacial score (nSPS) is 13.8. The van der Waals surface area contributed by atoms with Crippen molar-refractivity contribution < 1.29 is 18.6 Å². The number of hydrogen-bond donors (Lipinski definition) is 1. The van der Waals surface area contributed by atoms with Gasteiger partial charge in [-0.2, -0.15) is 0 Å². The number of carbonyl (C=O) groups is 3. The average molecular weight is 290 g/mol. The molecule has 0 aliphatic rings. The molecule has 7 heteroatoms. The Balaban J connectivity index is 4.34. The van der Waals surface area contributed by atoms with Gasteiger partial charge in [0, 0.05) is 24.9 Å². The third kappa shape index (κ3) is 7.05. The number of Topliss-reactive ketones (excluding diaryl/α,β-unsaturated/α-hetero) is 1. The Hall–Kier alpha value is -1.24. The molecule has 0 heterocycles. The van der Waals surface area contributed by atoms with E-state index in [0.717, 1.165) is 0 Å². The minimum absolute atomic E-state index is 0.0294. The fraction of sp³-hybridized carbons (Fsp3) is 0.750. The van der Waals surface area contributed by atoms with Crippen LogP contribution in [0.2, 0.25) is 0 Å². The van der Waals surface area contributed by atoms with E-state index in [1.165, 1.54) is 11.8 Å². The van der Waals surface area contributed by atoms with Crippen molar-refractivity contribution in [1.29, 1.82) is 0 Å². The molecule has 6 nitrogen and oxygen atoms in total. The molecule has 2 unspecified atom stereocenters. The largest absolute Gasteiger partial charge is 0.348 e. The summed E-state index contributed by atoms with van der Waals surface area (Å²) < 4.78 is 11.6. The molecule has 19 heavy (non-hydrogen) atoms. The highest BCUT2D eigenvalue weighted by Crippen LogP contribution is 2.02.